The SMILES string of the molecule is O=C(O)CCC1CCN(c2ccc([N+](=O)[O-])cc2)CC1. The van der Waals surface area contributed by atoms with Crippen LogP contribution in [-0.2, 0) is 4.79 Å². The smallest absolute Gasteiger partial charge is 0.303 e. The molecule has 6 heteroatoms. The Bertz CT molecular complexity index is 478. The van der Waals surface area contributed by atoms with E-state index in [1.54, 1.807) is 12.1 Å². The monoisotopic (exact) mass is 278 g/mol. The van der Waals surface area contributed by atoms with Gasteiger partial charge in [-0.2, -0.15) is 0 Å². The summed E-state index contributed by atoms with van der Waals surface area (Å²) in [6.45, 7) is 1.75. The van der Waals surface area contributed by atoms with Crippen LogP contribution in [0.1, 0.15) is 25.7 Å². The molecule has 1 aliphatic rings. The quantitative estimate of drug-likeness (QED) is 0.661. The summed E-state index contributed by atoms with van der Waals surface area (Å²) in [4.78, 5) is 22.9. The number of piperidine rings is 1. The van der Waals surface area contributed by atoms with Crippen molar-refractivity contribution in [2.45, 2.75) is 25.7 Å². The van der Waals surface area contributed by atoms with E-state index in [9.17, 15) is 14.9 Å². The molecule has 1 aromatic carbocycles. The van der Waals surface area contributed by atoms with Crippen molar-refractivity contribution >= 4 is 17.3 Å². The Morgan fingerprint density at radius 2 is 1.90 bits per heavy atom. The molecule has 108 valence electrons. The standard InChI is InChI=1S/C14H18N2O4/c17-14(18)6-1-11-7-9-15(10-8-11)12-2-4-13(5-3-12)16(19)20/h2-5,11H,1,6-10H2,(H,17,18). The zero-order valence-corrected chi connectivity index (χ0v) is 11.2. The van der Waals surface area contributed by atoms with Crippen LogP contribution >= 0.6 is 0 Å². The van der Waals surface area contributed by atoms with Crippen LogP contribution in [0.2, 0.25) is 0 Å². The number of carboxylic acid groups (broad SMARTS) is 1. The van der Waals surface area contributed by atoms with Gasteiger partial charge in [0.05, 0.1) is 4.92 Å². The van der Waals surface area contributed by atoms with E-state index in [0.717, 1.165) is 38.0 Å². The van der Waals surface area contributed by atoms with Gasteiger partial charge in [0, 0.05) is 37.3 Å². The predicted molar refractivity (Wildman–Crippen MR) is 74.9 cm³/mol. The molecule has 1 heterocycles. The van der Waals surface area contributed by atoms with Crippen LogP contribution in [0.4, 0.5) is 11.4 Å². The number of hydrogen-bond donors (Lipinski definition) is 1. The summed E-state index contributed by atoms with van der Waals surface area (Å²) in [6.07, 6.45) is 2.93. The minimum atomic E-state index is -0.734. The Labute approximate surface area is 117 Å². The van der Waals surface area contributed by atoms with Gasteiger partial charge in [0.15, 0.2) is 0 Å². The van der Waals surface area contributed by atoms with Crippen LogP contribution in [0.3, 0.4) is 0 Å². The fraction of sp³-hybridized carbons (Fsp3) is 0.500. The minimum Gasteiger partial charge on any atom is -0.481 e. The minimum absolute atomic E-state index is 0.102. The molecule has 1 saturated heterocycles. The second kappa shape index (κ2) is 6.36. The fourth-order valence-corrected chi connectivity index (χ4v) is 2.59. The molecular formula is C14H18N2O4. The van der Waals surface area contributed by atoms with Crippen molar-refractivity contribution < 1.29 is 14.8 Å². The van der Waals surface area contributed by atoms with E-state index < -0.39 is 10.9 Å². The normalized spacial score (nSPS) is 16.1. The third kappa shape index (κ3) is 3.69. The van der Waals surface area contributed by atoms with Gasteiger partial charge in [0.25, 0.3) is 5.69 Å². The van der Waals surface area contributed by atoms with E-state index in [1.165, 1.54) is 12.1 Å². The third-order valence-electron chi connectivity index (χ3n) is 3.81. The molecule has 0 radical (unpaired) electrons. The summed E-state index contributed by atoms with van der Waals surface area (Å²) in [7, 11) is 0. The fourth-order valence-electron chi connectivity index (χ4n) is 2.59. The first-order valence-electron chi connectivity index (χ1n) is 6.77. The van der Waals surface area contributed by atoms with Crippen molar-refractivity contribution in [1.82, 2.24) is 0 Å². The first kappa shape index (κ1) is 14.3. The third-order valence-corrected chi connectivity index (χ3v) is 3.81. The number of aliphatic carboxylic acids is 1. The van der Waals surface area contributed by atoms with Gasteiger partial charge in [-0.1, -0.05) is 0 Å². The van der Waals surface area contributed by atoms with Crippen LogP contribution in [0.15, 0.2) is 24.3 Å². The molecule has 0 spiro atoms. The average molecular weight is 278 g/mol. The molecule has 2 rings (SSSR count). The molecule has 1 fully saturated rings. The summed E-state index contributed by atoms with van der Waals surface area (Å²) in [5, 5.41) is 19.3. The molecule has 0 aliphatic carbocycles. The van der Waals surface area contributed by atoms with Crippen molar-refractivity contribution in [3.63, 3.8) is 0 Å². The number of nitro groups is 1. The molecule has 0 saturated carbocycles. The van der Waals surface area contributed by atoms with Crippen molar-refractivity contribution in [2.24, 2.45) is 5.92 Å². The van der Waals surface area contributed by atoms with Gasteiger partial charge in [0.2, 0.25) is 0 Å². The lowest BCUT2D eigenvalue weighted by Gasteiger charge is -2.33. The number of anilines is 1. The topological polar surface area (TPSA) is 83.7 Å². The van der Waals surface area contributed by atoms with Gasteiger partial charge in [-0.15, -0.1) is 0 Å². The van der Waals surface area contributed by atoms with Crippen molar-refractivity contribution in [2.75, 3.05) is 18.0 Å². The second-order valence-electron chi connectivity index (χ2n) is 5.14. The highest BCUT2D eigenvalue weighted by Gasteiger charge is 2.20. The van der Waals surface area contributed by atoms with Crippen molar-refractivity contribution in [3.8, 4) is 0 Å². The Hall–Kier alpha value is -2.11. The molecule has 6 nitrogen and oxygen atoms in total. The molecule has 0 amide bonds. The van der Waals surface area contributed by atoms with Crippen LogP contribution in [0.5, 0.6) is 0 Å². The highest BCUT2D eigenvalue weighted by atomic mass is 16.6. The largest absolute Gasteiger partial charge is 0.481 e. The number of hydrogen-bond acceptors (Lipinski definition) is 4. The van der Waals surface area contributed by atoms with E-state index in [2.05, 4.69) is 4.90 Å². The molecule has 0 unspecified atom stereocenters. The van der Waals surface area contributed by atoms with Crippen LogP contribution in [0, 0.1) is 16.0 Å². The zero-order valence-electron chi connectivity index (χ0n) is 11.2. The number of carbonyl (C=O) groups is 1. The van der Waals surface area contributed by atoms with E-state index in [-0.39, 0.29) is 12.1 Å². The first-order chi connectivity index (χ1) is 9.56. The van der Waals surface area contributed by atoms with E-state index >= 15 is 0 Å². The summed E-state index contributed by atoms with van der Waals surface area (Å²) < 4.78 is 0. The Balaban J connectivity index is 1.87. The van der Waals surface area contributed by atoms with Gasteiger partial charge in [-0.25, -0.2) is 0 Å². The molecule has 0 aromatic heterocycles. The lowest BCUT2D eigenvalue weighted by atomic mass is 9.92. The predicted octanol–water partition coefficient (Wildman–Crippen LogP) is 2.68. The number of carboxylic acids is 1. The summed E-state index contributed by atoms with van der Waals surface area (Å²) >= 11 is 0. The molecule has 0 bridgehead atoms. The molecule has 1 aromatic rings. The molecule has 20 heavy (non-hydrogen) atoms. The highest BCUT2D eigenvalue weighted by Crippen LogP contribution is 2.27. The number of benzene rings is 1. The first-order valence-corrected chi connectivity index (χ1v) is 6.77. The number of nitro benzene ring substituents is 1. The summed E-state index contributed by atoms with van der Waals surface area (Å²) in [5.74, 6) is -0.261. The Morgan fingerprint density at radius 3 is 2.40 bits per heavy atom. The average Bonchev–Trinajstić information content (AvgIpc) is 2.46. The van der Waals surface area contributed by atoms with Gasteiger partial charge in [-0.05, 0) is 37.3 Å². The molecular weight excluding hydrogens is 260 g/mol. The number of non-ortho nitro benzene ring substituents is 1. The highest BCUT2D eigenvalue weighted by molar-refractivity contribution is 5.66. The van der Waals surface area contributed by atoms with Crippen LogP contribution < -0.4 is 4.90 Å². The van der Waals surface area contributed by atoms with E-state index in [0.29, 0.717) is 5.92 Å². The molecule has 1 aliphatic heterocycles. The maximum atomic E-state index is 10.6. The second-order valence-corrected chi connectivity index (χ2v) is 5.14. The number of rotatable bonds is 5. The van der Waals surface area contributed by atoms with Gasteiger partial charge >= 0.3 is 5.97 Å². The van der Waals surface area contributed by atoms with E-state index in [1.807, 2.05) is 0 Å². The Morgan fingerprint density at radius 1 is 1.30 bits per heavy atom. The zero-order chi connectivity index (χ0) is 14.5. The van der Waals surface area contributed by atoms with Crippen molar-refractivity contribution in [1.29, 1.82) is 0 Å². The lowest BCUT2D eigenvalue weighted by molar-refractivity contribution is -0.384. The summed E-state index contributed by atoms with van der Waals surface area (Å²) in [6, 6.07) is 6.59. The molecule has 0 atom stereocenters. The van der Waals surface area contributed by atoms with Gasteiger partial charge in [0.1, 0.15) is 0 Å². The Kier molecular flexibility index (Phi) is 4.55. The molecule has 1 N–H and O–H groups in total. The van der Waals surface area contributed by atoms with E-state index in [4.69, 9.17) is 5.11 Å². The lowest BCUT2D eigenvalue weighted by Crippen LogP contribution is -2.33. The maximum absolute atomic E-state index is 10.6. The summed E-state index contributed by atoms with van der Waals surface area (Å²) in [5.41, 5.74) is 1.09. The van der Waals surface area contributed by atoms with Crippen LogP contribution in [0.25, 0.3) is 0 Å². The van der Waals surface area contributed by atoms with Gasteiger partial charge < -0.3 is 10.0 Å². The van der Waals surface area contributed by atoms with Crippen molar-refractivity contribution in [3.05, 3.63) is 34.4 Å². The van der Waals surface area contributed by atoms with Crippen LogP contribution in [-0.4, -0.2) is 29.1 Å². The number of nitrogens with zero attached hydrogens (tertiary/aromatic N) is 2. The van der Waals surface area contributed by atoms with Gasteiger partial charge in [-0.3, -0.25) is 14.9 Å². The maximum Gasteiger partial charge on any atom is 0.303 e.